The van der Waals surface area contributed by atoms with E-state index in [9.17, 15) is 14.4 Å². The van der Waals surface area contributed by atoms with Crippen molar-refractivity contribution in [2.75, 3.05) is 117 Å². The summed E-state index contributed by atoms with van der Waals surface area (Å²) in [5, 5.41) is 21.9. The van der Waals surface area contributed by atoms with Gasteiger partial charge in [-0.3, -0.25) is 24.4 Å². The highest BCUT2D eigenvalue weighted by molar-refractivity contribution is 14.1. The number of anilines is 3. The van der Waals surface area contributed by atoms with E-state index in [1.54, 1.807) is 167 Å². The van der Waals surface area contributed by atoms with Crippen LogP contribution in [0.15, 0.2) is 148 Å². The molecule has 0 aliphatic heterocycles. The standard InChI is InChI=1S/C40H39ClN6O7.C25H25NO6.C19H20N2O5.C15H15ClIN5O.C5H6O2/c1-22-18-43-30(23(2)35(22)52-6)21-47-20-25(34-38(41)45-40(42)46-39(34)47)10-8-9-11-28(48)15-26-14-24(12-13-31(26)49-3)29-19-44-54-36(29)27-16-32(50-4)37(53-7)33(17-27)51-5;1-6-7-8-19(27)12-17-11-16(9-10-21(17)28-2)20-15-26-32-24(20)18-13-22(29-3)25(31-5)23(14-18)30-4;1-22-15-6-5-11(7-14(15)20)13-10-21-26-18(13)12-8-16(23-2)19(25-4)17(9-12)24-3;1-7-4-19-10(8(2)12(7)23-3)6-22-5-9(17)11-13(16)20-15(18)21-14(11)22;1-2-3-4-5(6)7/h12-14,16-20H,9,11,15,21H2,1-7H3,(H2,42,45,46);1,9-11,13-15H,7-8,12H2,2-5H3;5-10H,20H2,1-4H3;4-5H,6H2,1-3H3,(H2,18,20,21);1H,3-4H2,(H,6,7). The number of benzene rings is 6. The number of Topliss-reactive ketones (excluding diaryl/α,β-unsaturated/α-hetero) is 2. The quantitative estimate of drug-likeness (QED) is 0.0126. The molecule has 9 heterocycles. The van der Waals surface area contributed by atoms with Crippen LogP contribution < -0.4 is 83.5 Å². The summed E-state index contributed by atoms with van der Waals surface area (Å²) < 4.78 is 98.0. The molecule has 0 spiro atoms. The summed E-state index contributed by atoms with van der Waals surface area (Å²) in [5.74, 6) is 19.9. The van der Waals surface area contributed by atoms with Crippen LogP contribution in [0, 0.1) is 67.8 Å². The van der Waals surface area contributed by atoms with Crippen LogP contribution in [0.3, 0.4) is 0 Å². The Balaban J connectivity index is 0.000000187. The number of hydrogen-bond acceptors (Lipinski definition) is 32. The van der Waals surface area contributed by atoms with E-state index in [0.717, 1.165) is 93.0 Å². The molecular formula is C104H105Cl2IN14O21. The number of carboxylic acids is 1. The second kappa shape index (κ2) is 50.0. The molecule has 0 fully saturated rings. The largest absolute Gasteiger partial charge is 0.496 e. The first-order valence-electron chi connectivity index (χ1n) is 43.4. The molecule has 7 N–H and O–H groups in total. The van der Waals surface area contributed by atoms with Gasteiger partial charge in [-0.05, 0) is 140 Å². The number of nitrogens with zero attached hydrogens (tertiary/aromatic N) is 11. The van der Waals surface area contributed by atoms with Crippen LogP contribution in [-0.4, -0.2) is 177 Å². The molecule has 6 aromatic carbocycles. The Morgan fingerprint density at radius 2 is 0.761 bits per heavy atom. The van der Waals surface area contributed by atoms with Crippen LogP contribution in [0.1, 0.15) is 88.9 Å². The summed E-state index contributed by atoms with van der Waals surface area (Å²) in [6, 6.07) is 27.5. The molecule has 0 aliphatic rings. The minimum atomic E-state index is -0.835. The number of fused-ring (bicyclic) bond motifs is 2. The van der Waals surface area contributed by atoms with Crippen LogP contribution in [0.5, 0.6) is 80.5 Å². The molecule has 9 aromatic heterocycles. The smallest absolute Gasteiger partial charge is 0.304 e. The number of nitrogens with two attached hydrogens (primary N) is 3. The molecule has 0 amide bonds. The Labute approximate surface area is 843 Å². The number of ether oxygens (including phenoxy) is 14. The number of pyridine rings is 2. The maximum absolute atomic E-state index is 13.3. The third kappa shape index (κ3) is 24.9. The molecule has 0 atom stereocenters. The predicted octanol–water partition coefficient (Wildman–Crippen LogP) is 19.1. The van der Waals surface area contributed by atoms with Crippen molar-refractivity contribution in [3.63, 3.8) is 0 Å². The normalized spacial score (nSPS) is 10.6. The zero-order valence-corrected chi connectivity index (χ0v) is 85.0. The highest BCUT2D eigenvalue weighted by atomic mass is 127. The summed E-state index contributed by atoms with van der Waals surface area (Å²) in [6.45, 7) is 8.82. The topological polar surface area (TPSA) is 444 Å². The van der Waals surface area contributed by atoms with Gasteiger partial charge in [-0.15, -0.1) is 24.7 Å². The number of ketones is 2. The summed E-state index contributed by atoms with van der Waals surface area (Å²) >= 11 is 15.0. The van der Waals surface area contributed by atoms with Crippen molar-refractivity contribution in [1.82, 2.24) is 54.5 Å². The summed E-state index contributed by atoms with van der Waals surface area (Å²) in [6.07, 6.45) is 24.4. The molecule has 0 saturated carbocycles. The van der Waals surface area contributed by atoms with Crippen molar-refractivity contribution in [1.29, 1.82) is 0 Å². The molecule has 0 bridgehead atoms. The first-order chi connectivity index (χ1) is 68.5. The molecule has 0 aliphatic carbocycles. The molecule has 15 aromatic rings. The SMILES string of the molecule is C#CCCC(=O)Cc1cc(-c2cnoc2-c2cc(OC)c(OC)c(OC)c2)ccc1OC.C#CCCC(=O)O.COc1c(C)cnc(Cn2cc(I)c3c(Cl)nc(N)nc32)c1C.COc1ccc(-c2cnoc2-c2cc(OC)c(OC)c(OC)c2)cc1CC(=O)CCC#Cc1cn(Cc2ncc(C)c(OC)c2C)c2nc(N)nc(Cl)c12.COc1ccc(-c2cnoc2-c2cc(OC)c(OC)c(OC)c2)cc1N. The Bertz CT molecular complexity index is 7170. The first-order valence-corrected chi connectivity index (χ1v) is 45.2. The number of carbonyl (C=O) groups is 3. The van der Waals surface area contributed by atoms with Crippen LogP contribution in [0.2, 0.25) is 10.3 Å². The molecule has 35 nitrogen and oxygen atoms in total. The van der Waals surface area contributed by atoms with Crippen LogP contribution in [-0.2, 0) is 40.3 Å². The van der Waals surface area contributed by atoms with Gasteiger partial charge in [-0.2, -0.15) is 9.97 Å². The van der Waals surface area contributed by atoms with E-state index in [0.29, 0.717) is 180 Å². The lowest BCUT2D eigenvalue weighted by molar-refractivity contribution is -0.136. The number of aliphatic carboxylic acids is 1. The third-order valence-electron chi connectivity index (χ3n) is 22.2. The fourth-order valence-electron chi connectivity index (χ4n) is 15.4. The zero-order valence-electron chi connectivity index (χ0n) is 81.3. The van der Waals surface area contributed by atoms with Crippen LogP contribution in [0.4, 0.5) is 17.6 Å². The summed E-state index contributed by atoms with van der Waals surface area (Å²) in [5.41, 5.74) is 34.0. The number of rotatable bonds is 34. The van der Waals surface area contributed by atoms with Crippen LogP contribution in [0.25, 0.3) is 89.4 Å². The van der Waals surface area contributed by atoms with E-state index in [1.165, 1.54) is 0 Å². The maximum atomic E-state index is 13.3. The van der Waals surface area contributed by atoms with Gasteiger partial charge in [0, 0.05) is 140 Å². The van der Waals surface area contributed by atoms with Gasteiger partial charge in [-0.25, -0.2) is 9.97 Å². The van der Waals surface area contributed by atoms with Crippen molar-refractivity contribution in [3.05, 3.63) is 199 Å². The Hall–Kier alpha value is -16.1. The molecule has 38 heteroatoms. The summed E-state index contributed by atoms with van der Waals surface area (Å²) in [4.78, 5) is 61.4. The van der Waals surface area contributed by atoms with Crippen molar-refractivity contribution in [2.24, 2.45) is 0 Å². The second-order valence-corrected chi connectivity index (χ2v) is 32.9. The van der Waals surface area contributed by atoms with Gasteiger partial charge >= 0.3 is 5.97 Å². The molecule has 738 valence electrons. The highest BCUT2D eigenvalue weighted by Gasteiger charge is 2.28. The molecule has 142 heavy (non-hydrogen) atoms. The van der Waals surface area contributed by atoms with E-state index < -0.39 is 5.97 Å². The van der Waals surface area contributed by atoms with Crippen molar-refractivity contribution in [2.45, 2.75) is 92.2 Å². The number of hydrogen-bond donors (Lipinski definition) is 4. The van der Waals surface area contributed by atoms with Crippen molar-refractivity contribution in [3.8, 4) is 184 Å². The molecule has 0 unspecified atom stereocenters. The van der Waals surface area contributed by atoms with E-state index in [1.807, 2.05) is 104 Å². The minimum absolute atomic E-state index is 0.0126. The number of carboxylic acid groups (broad SMARTS) is 1. The van der Waals surface area contributed by atoms with Gasteiger partial charge in [-0.1, -0.05) is 68.7 Å². The average Bonchev–Trinajstić information content (AvgIpc) is 1.62. The molecule has 0 radical (unpaired) electrons. The molecule has 0 saturated heterocycles. The predicted molar refractivity (Wildman–Crippen MR) is 548 cm³/mol. The monoisotopic (exact) mass is 2080 g/mol. The Morgan fingerprint density at radius 3 is 1.11 bits per heavy atom. The molecule has 15 rings (SSSR count). The third-order valence-corrected chi connectivity index (χ3v) is 23.6. The number of halogens is 3. The minimum Gasteiger partial charge on any atom is -0.496 e. The lowest BCUT2D eigenvalue weighted by Gasteiger charge is -2.14. The van der Waals surface area contributed by atoms with E-state index in [2.05, 4.69) is 91.6 Å². The number of carbonyl (C=O) groups excluding carboxylic acids is 2. The van der Waals surface area contributed by atoms with Crippen molar-refractivity contribution >= 4 is 103 Å². The van der Waals surface area contributed by atoms with Crippen molar-refractivity contribution < 1.29 is 99.4 Å². The zero-order chi connectivity index (χ0) is 103. The van der Waals surface area contributed by atoms with Gasteiger partial charge in [0.05, 0.1) is 171 Å². The van der Waals surface area contributed by atoms with E-state index in [-0.39, 0.29) is 54.3 Å². The molecular weight excluding hydrogens is 1980 g/mol. The number of aryl methyl sites for hydroxylation is 2. The Kier molecular flexibility index (Phi) is 37.4. The van der Waals surface area contributed by atoms with Gasteiger partial charge in [0.2, 0.25) is 29.1 Å². The Morgan fingerprint density at radius 1 is 0.415 bits per heavy atom. The first kappa shape index (κ1) is 106. The number of aromatic nitrogens is 11. The number of terminal acetylenes is 2. The highest BCUT2D eigenvalue weighted by Crippen LogP contribution is 2.49. The average molecular weight is 2080 g/mol. The van der Waals surface area contributed by atoms with Gasteiger partial charge in [0.15, 0.2) is 51.8 Å². The van der Waals surface area contributed by atoms with E-state index in [4.69, 9.17) is 138 Å². The van der Waals surface area contributed by atoms with E-state index >= 15 is 0 Å². The lowest BCUT2D eigenvalue weighted by Crippen LogP contribution is -2.07. The van der Waals surface area contributed by atoms with Gasteiger partial charge in [0.25, 0.3) is 0 Å². The van der Waals surface area contributed by atoms with Crippen LogP contribution >= 0.6 is 45.8 Å². The van der Waals surface area contributed by atoms with Gasteiger partial charge in [0.1, 0.15) is 61.9 Å². The second-order valence-electron chi connectivity index (χ2n) is 31.0. The fourth-order valence-corrected chi connectivity index (χ4v) is 16.9. The lowest BCUT2D eigenvalue weighted by atomic mass is 9.97. The maximum Gasteiger partial charge on any atom is 0.304 e. The fraction of sp³-hybridized carbons (Fsp3) is 0.269. The number of nitrogen functional groups attached to an aromatic ring is 3. The summed E-state index contributed by atoms with van der Waals surface area (Å²) in [7, 11) is 22.0. The van der Waals surface area contributed by atoms with Gasteiger partial charge < -0.3 is 111 Å². The number of methoxy groups -OCH3 is 14.